The average molecular weight is 362 g/mol. The van der Waals surface area contributed by atoms with Crippen molar-refractivity contribution in [3.05, 3.63) is 46.2 Å². The van der Waals surface area contributed by atoms with Gasteiger partial charge < -0.3 is 14.8 Å². The lowest BCUT2D eigenvalue weighted by molar-refractivity contribution is -0.122. The van der Waals surface area contributed by atoms with E-state index in [1.54, 1.807) is 18.4 Å². The quantitative estimate of drug-likeness (QED) is 0.705. The van der Waals surface area contributed by atoms with Crippen LogP contribution in [0.2, 0.25) is 0 Å². The largest absolute Gasteiger partial charge is 0.493 e. The summed E-state index contributed by atoms with van der Waals surface area (Å²) < 4.78 is 11.3. The first kappa shape index (κ1) is 19.3. The molecule has 1 heterocycles. The number of ether oxygens (including phenoxy) is 2. The molecule has 1 amide bonds. The SMILES string of the molecule is CCNC(=O)CN(CC)Cc1ccc(OCc2cccs2)c(OC)c1. The summed E-state index contributed by atoms with van der Waals surface area (Å²) in [7, 11) is 1.64. The van der Waals surface area contributed by atoms with Crippen molar-refractivity contribution in [3.8, 4) is 11.5 Å². The van der Waals surface area contributed by atoms with Gasteiger partial charge in [-0.25, -0.2) is 0 Å². The minimum atomic E-state index is 0.0483. The molecule has 6 heteroatoms. The molecule has 1 aromatic heterocycles. The molecule has 0 saturated heterocycles. The van der Waals surface area contributed by atoms with Crippen molar-refractivity contribution in [3.63, 3.8) is 0 Å². The lowest BCUT2D eigenvalue weighted by atomic mass is 10.2. The van der Waals surface area contributed by atoms with E-state index < -0.39 is 0 Å². The van der Waals surface area contributed by atoms with Crippen LogP contribution in [0.5, 0.6) is 11.5 Å². The number of likely N-dealkylation sites (N-methyl/N-ethyl adjacent to an activating group) is 2. The molecule has 2 aromatic rings. The third-order valence-electron chi connectivity index (χ3n) is 3.77. The molecule has 5 nitrogen and oxygen atoms in total. The second kappa shape index (κ2) is 10.1. The first-order chi connectivity index (χ1) is 12.2. The summed E-state index contributed by atoms with van der Waals surface area (Å²) in [6, 6.07) is 9.99. The molecule has 0 aliphatic carbocycles. The normalized spacial score (nSPS) is 10.7. The second-order valence-electron chi connectivity index (χ2n) is 5.61. The summed E-state index contributed by atoms with van der Waals surface area (Å²) in [4.78, 5) is 15.0. The predicted octanol–water partition coefficient (Wildman–Crippen LogP) is 3.29. The zero-order valence-electron chi connectivity index (χ0n) is 15.1. The highest BCUT2D eigenvalue weighted by Gasteiger charge is 2.12. The molecule has 0 aliphatic heterocycles. The average Bonchev–Trinajstić information content (AvgIpc) is 3.13. The third kappa shape index (κ3) is 6.07. The first-order valence-electron chi connectivity index (χ1n) is 8.47. The Bertz CT molecular complexity index is 659. The van der Waals surface area contributed by atoms with Crippen LogP contribution in [0.25, 0.3) is 0 Å². The zero-order valence-corrected chi connectivity index (χ0v) is 15.9. The molecule has 25 heavy (non-hydrogen) atoms. The van der Waals surface area contributed by atoms with Gasteiger partial charge in [-0.2, -0.15) is 0 Å². The number of thiophene rings is 1. The third-order valence-corrected chi connectivity index (χ3v) is 4.62. The number of benzene rings is 1. The summed E-state index contributed by atoms with van der Waals surface area (Å²) in [5.74, 6) is 1.49. The van der Waals surface area contributed by atoms with Crippen molar-refractivity contribution in [2.45, 2.75) is 27.0 Å². The van der Waals surface area contributed by atoms with Crippen LogP contribution in [0, 0.1) is 0 Å². The van der Waals surface area contributed by atoms with Crippen molar-refractivity contribution in [1.82, 2.24) is 10.2 Å². The lowest BCUT2D eigenvalue weighted by Gasteiger charge is -2.20. The molecule has 0 fully saturated rings. The molecule has 2 rings (SSSR count). The Morgan fingerprint density at radius 3 is 2.72 bits per heavy atom. The van der Waals surface area contributed by atoms with E-state index in [0.29, 0.717) is 32.0 Å². The van der Waals surface area contributed by atoms with Gasteiger partial charge in [0.25, 0.3) is 0 Å². The van der Waals surface area contributed by atoms with E-state index in [-0.39, 0.29) is 5.91 Å². The van der Waals surface area contributed by atoms with Gasteiger partial charge in [-0.05, 0) is 42.6 Å². The van der Waals surface area contributed by atoms with Crippen molar-refractivity contribution in [2.75, 3.05) is 26.7 Å². The Hall–Kier alpha value is -2.05. The summed E-state index contributed by atoms with van der Waals surface area (Å²) in [5.41, 5.74) is 1.09. The maximum Gasteiger partial charge on any atom is 0.234 e. The molecular weight excluding hydrogens is 336 g/mol. The van der Waals surface area contributed by atoms with Gasteiger partial charge in [-0.3, -0.25) is 9.69 Å². The molecule has 0 radical (unpaired) electrons. The van der Waals surface area contributed by atoms with Gasteiger partial charge in [0.15, 0.2) is 11.5 Å². The van der Waals surface area contributed by atoms with Crippen LogP contribution >= 0.6 is 11.3 Å². The van der Waals surface area contributed by atoms with Gasteiger partial charge in [-0.15, -0.1) is 11.3 Å². The van der Waals surface area contributed by atoms with Crippen LogP contribution in [-0.4, -0.2) is 37.6 Å². The predicted molar refractivity (Wildman–Crippen MR) is 101 cm³/mol. The number of nitrogens with one attached hydrogen (secondary N) is 1. The topological polar surface area (TPSA) is 50.8 Å². The molecule has 0 saturated carbocycles. The van der Waals surface area contributed by atoms with Crippen molar-refractivity contribution in [2.24, 2.45) is 0 Å². The molecule has 0 unspecified atom stereocenters. The fourth-order valence-electron chi connectivity index (χ4n) is 2.47. The minimum Gasteiger partial charge on any atom is -0.493 e. The van der Waals surface area contributed by atoms with Crippen molar-refractivity contribution in [1.29, 1.82) is 0 Å². The molecule has 0 atom stereocenters. The van der Waals surface area contributed by atoms with E-state index in [2.05, 4.69) is 17.1 Å². The number of nitrogens with zero attached hydrogens (tertiary/aromatic N) is 1. The van der Waals surface area contributed by atoms with E-state index in [9.17, 15) is 4.79 Å². The lowest BCUT2D eigenvalue weighted by Crippen LogP contribution is -2.36. The van der Waals surface area contributed by atoms with Crippen LogP contribution in [0.3, 0.4) is 0 Å². The Morgan fingerprint density at radius 1 is 1.24 bits per heavy atom. The highest BCUT2D eigenvalue weighted by atomic mass is 32.1. The molecule has 0 spiro atoms. The number of carbonyl (C=O) groups excluding carboxylic acids is 1. The van der Waals surface area contributed by atoms with Crippen LogP contribution in [-0.2, 0) is 17.9 Å². The molecule has 136 valence electrons. The Kier molecular flexibility index (Phi) is 7.76. The number of methoxy groups -OCH3 is 1. The van der Waals surface area contributed by atoms with Gasteiger partial charge >= 0.3 is 0 Å². The summed E-state index contributed by atoms with van der Waals surface area (Å²) >= 11 is 1.67. The van der Waals surface area contributed by atoms with Crippen molar-refractivity contribution >= 4 is 17.2 Å². The fourth-order valence-corrected chi connectivity index (χ4v) is 3.08. The van der Waals surface area contributed by atoms with E-state index in [1.807, 2.05) is 42.6 Å². The van der Waals surface area contributed by atoms with Crippen LogP contribution in [0.15, 0.2) is 35.7 Å². The maximum atomic E-state index is 11.8. The van der Waals surface area contributed by atoms with Gasteiger partial charge in [0.2, 0.25) is 5.91 Å². The molecular formula is C19H26N2O3S. The minimum absolute atomic E-state index is 0.0483. The highest BCUT2D eigenvalue weighted by Crippen LogP contribution is 2.29. The number of hydrogen-bond donors (Lipinski definition) is 1. The van der Waals surface area contributed by atoms with E-state index >= 15 is 0 Å². The van der Waals surface area contributed by atoms with Gasteiger partial charge in [0.05, 0.1) is 13.7 Å². The van der Waals surface area contributed by atoms with Crippen LogP contribution in [0.1, 0.15) is 24.3 Å². The summed E-state index contributed by atoms with van der Waals surface area (Å²) in [6.07, 6.45) is 0. The Labute approximate surface area is 153 Å². The fraction of sp³-hybridized carbons (Fsp3) is 0.421. The number of hydrogen-bond acceptors (Lipinski definition) is 5. The Balaban J connectivity index is 2.00. The van der Waals surface area contributed by atoms with Gasteiger partial charge in [0, 0.05) is 18.0 Å². The molecule has 0 aliphatic rings. The molecule has 1 aromatic carbocycles. The first-order valence-corrected chi connectivity index (χ1v) is 9.35. The molecule has 0 bridgehead atoms. The maximum absolute atomic E-state index is 11.8. The van der Waals surface area contributed by atoms with E-state index in [4.69, 9.17) is 9.47 Å². The zero-order chi connectivity index (χ0) is 18.1. The van der Waals surface area contributed by atoms with E-state index in [1.165, 1.54) is 4.88 Å². The second-order valence-corrected chi connectivity index (χ2v) is 6.64. The monoisotopic (exact) mass is 362 g/mol. The van der Waals surface area contributed by atoms with Gasteiger partial charge in [0.1, 0.15) is 6.61 Å². The number of carbonyl (C=O) groups is 1. The summed E-state index contributed by atoms with van der Waals surface area (Å²) in [6.45, 7) is 7.05. The van der Waals surface area contributed by atoms with Crippen LogP contribution in [0.4, 0.5) is 0 Å². The van der Waals surface area contributed by atoms with E-state index in [0.717, 1.165) is 17.9 Å². The highest BCUT2D eigenvalue weighted by molar-refractivity contribution is 7.09. The van der Waals surface area contributed by atoms with Crippen molar-refractivity contribution < 1.29 is 14.3 Å². The van der Waals surface area contributed by atoms with Crippen LogP contribution < -0.4 is 14.8 Å². The smallest absolute Gasteiger partial charge is 0.234 e. The standard InChI is InChI=1S/C19H26N2O3S/c1-4-20-19(22)13-21(5-2)12-15-8-9-17(18(11-15)23-3)24-14-16-7-6-10-25-16/h6-11H,4-5,12-14H2,1-3H3,(H,20,22). The number of rotatable bonds is 10. The summed E-state index contributed by atoms with van der Waals surface area (Å²) in [5, 5.41) is 4.87. The number of amides is 1. The Morgan fingerprint density at radius 2 is 2.08 bits per heavy atom. The molecule has 1 N–H and O–H groups in total. The van der Waals surface area contributed by atoms with Gasteiger partial charge in [-0.1, -0.05) is 19.1 Å².